The quantitative estimate of drug-likeness (QED) is 0.621. The van der Waals surface area contributed by atoms with Gasteiger partial charge in [-0.05, 0) is 12.3 Å². The minimum atomic E-state index is -0.867. The summed E-state index contributed by atoms with van der Waals surface area (Å²) in [5.74, 6) is -0.749. The molecule has 0 heterocycles. The minimum Gasteiger partial charge on any atom is -0.478 e. The highest BCUT2D eigenvalue weighted by molar-refractivity contribution is 5.86. The molecule has 0 spiro atoms. The minimum absolute atomic E-state index is 0.118. The Hall–Kier alpha value is -0.790. The fourth-order valence-corrected chi connectivity index (χ4v) is 0.895. The van der Waals surface area contributed by atoms with Crippen molar-refractivity contribution in [3.63, 3.8) is 0 Å². The van der Waals surface area contributed by atoms with Gasteiger partial charge in [-0.25, -0.2) is 4.79 Å². The Labute approximate surface area is 67.9 Å². The van der Waals surface area contributed by atoms with Gasteiger partial charge in [0.25, 0.3) is 0 Å². The average molecular weight is 156 g/mol. The van der Waals surface area contributed by atoms with Gasteiger partial charge in [0.2, 0.25) is 0 Å². The molecule has 1 atom stereocenters. The molecule has 0 fully saturated rings. The number of carbonyl (C=O) groups is 1. The molecule has 0 aliphatic rings. The maximum Gasteiger partial charge on any atom is 0.331 e. The van der Waals surface area contributed by atoms with Gasteiger partial charge in [-0.1, -0.05) is 33.3 Å². The van der Waals surface area contributed by atoms with Gasteiger partial charge in [-0.3, -0.25) is 0 Å². The second kappa shape index (κ2) is 4.94. The summed E-state index contributed by atoms with van der Waals surface area (Å²) in [5.41, 5.74) is 0.332. The first-order valence-corrected chi connectivity index (χ1v) is 4.01. The smallest absolute Gasteiger partial charge is 0.331 e. The maximum absolute atomic E-state index is 10.4. The molecule has 64 valence electrons. The molecule has 0 aliphatic carbocycles. The third-order valence-corrected chi connectivity index (χ3v) is 1.86. The van der Waals surface area contributed by atoms with Crippen molar-refractivity contribution in [3.05, 3.63) is 12.2 Å². The Morgan fingerprint density at radius 3 is 2.55 bits per heavy atom. The number of hydrogen-bond acceptors (Lipinski definition) is 1. The van der Waals surface area contributed by atoms with Crippen molar-refractivity contribution in [2.45, 2.75) is 33.1 Å². The zero-order valence-corrected chi connectivity index (χ0v) is 7.26. The molecule has 0 aromatic rings. The number of hydrogen-bond donors (Lipinski definition) is 1. The highest BCUT2D eigenvalue weighted by atomic mass is 16.4. The van der Waals surface area contributed by atoms with Crippen molar-refractivity contribution >= 4 is 5.97 Å². The Bertz CT molecular complexity index is 150. The maximum atomic E-state index is 10.4. The van der Waals surface area contributed by atoms with Crippen LogP contribution < -0.4 is 0 Å². The molecule has 0 amide bonds. The SMILES string of the molecule is C=C(C(=O)O)C(C)CCCC. The summed E-state index contributed by atoms with van der Waals surface area (Å²) in [6, 6.07) is 0. The molecule has 0 aromatic heterocycles. The topological polar surface area (TPSA) is 37.3 Å². The first-order chi connectivity index (χ1) is 5.09. The first-order valence-electron chi connectivity index (χ1n) is 4.01. The van der Waals surface area contributed by atoms with Crippen LogP contribution in [-0.2, 0) is 4.79 Å². The number of unbranched alkanes of at least 4 members (excludes halogenated alkanes) is 1. The van der Waals surface area contributed by atoms with Crippen LogP contribution in [0.25, 0.3) is 0 Å². The fraction of sp³-hybridized carbons (Fsp3) is 0.667. The van der Waals surface area contributed by atoms with E-state index in [2.05, 4.69) is 13.5 Å². The Balaban J connectivity index is 3.73. The summed E-state index contributed by atoms with van der Waals surface area (Å²) in [7, 11) is 0. The highest BCUT2D eigenvalue weighted by Gasteiger charge is 2.11. The number of aliphatic carboxylic acids is 1. The monoisotopic (exact) mass is 156 g/mol. The van der Waals surface area contributed by atoms with Crippen LogP contribution in [0.3, 0.4) is 0 Å². The first kappa shape index (κ1) is 10.2. The summed E-state index contributed by atoms with van der Waals surface area (Å²) in [6.45, 7) is 7.51. The lowest BCUT2D eigenvalue weighted by Gasteiger charge is -2.09. The molecule has 0 saturated heterocycles. The van der Waals surface area contributed by atoms with Crippen LogP contribution in [0.1, 0.15) is 33.1 Å². The summed E-state index contributed by atoms with van der Waals surface area (Å²) >= 11 is 0. The molecule has 0 aliphatic heterocycles. The third-order valence-electron chi connectivity index (χ3n) is 1.86. The largest absolute Gasteiger partial charge is 0.478 e. The Morgan fingerprint density at radius 1 is 1.64 bits per heavy atom. The van der Waals surface area contributed by atoms with Crippen LogP contribution in [0.15, 0.2) is 12.2 Å². The van der Waals surface area contributed by atoms with Crippen molar-refractivity contribution in [2.75, 3.05) is 0 Å². The van der Waals surface area contributed by atoms with Crippen LogP contribution in [0, 0.1) is 5.92 Å². The molecule has 0 aromatic carbocycles. The molecule has 0 saturated carbocycles. The second-order valence-corrected chi connectivity index (χ2v) is 2.87. The van der Waals surface area contributed by atoms with E-state index in [0.29, 0.717) is 5.57 Å². The van der Waals surface area contributed by atoms with Gasteiger partial charge in [0.15, 0.2) is 0 Å². The van der Waals surface area contributed by atoms with Crippen LogP contribution in [-0.4, -0.2) is 11.1 Å². The lowest BCUT2D eigenvalue weighted by molar-refractivity contribution is -0.133. The van der Waals surface area contributed by atoms with E-state index in [1.54, 1.807) is 0 Å². The van der Waals surface area contributed by atoms with E-state index in [1.807, 2.05) is 6.92 Å². The van der Waals surface area contributed by atoms with Crippen molar-refractivity contribution in [1.82, 2.24) is 0 Å². The van der Waals surface area contributed by atoms with Crippen molar-refractivity contribution < 1.29 is 9.90 Å². The van der Waals surface area contributed by atoms with Crippen molar-refractivity contribution in [1.29, 1.82) is 0 Å². The number of rotatable bonds is 5. The van der Waals surface area contributed by atoms with Gasteiger partial charge in [0.05, 0.1) is 0 Å². The summed E-state index contributed by atoms with van der Waals surface area (Å²) in [5, 5.41) is 8.55. The normalized spacial score (nSPS) is 12.5. The van der Waals surface area contributed by atoms with E-state index in [-0.39, 0.29) is 5.92 Å². The van der Waals surface area contributed by atoms with Crippen LogP contribution >= 0.6 is 0 Å². The standard InChI is InChI=1S/C9H16O2/c1-4-5-6-7(2)8(3)9(10)11/h7H,3-6H2,1-2H3,(H,10,11). The van der Waals surface area contributed by atoms with E-state index in [4.69, 9.17) is 5.11 Å². The predicted molar refractivity (Wildman–Crippen MR) is 45.5 cm³/mol. The van der Waals surface area contributed by atoms with Gasteiger partial charge in [-0.15, -0.1) is 0 Å². The molecule has 2 nitrogen and oxygen atoms in total. The second-order valence-electron chi connectivity index (χ2n) is 2.87. The molecule has 0 bridgehead atoms. The van der Waals surface area contributed by atoms with Crippen LogP contribution in [0.5, 0.6) is 0 Å². The third kappa shape index (κ3) is 3.81. The van der Waals surface area contributed by atoms with Crippen LogP contribution in [0.2, 0.25) is 0 Å². The molecule has 11 heavy (non-hydrogen) atoms. The van der Waals surface area contributed by atoms with Crippen molar-refractivity contribution in [2.24, 2.45) is 5.92 Å². The molecule has 0 radical (unpaired) electrons. The lowest BCUT2D eigenvalue weighted by Crippen LogP contribution is -2.08. The number of carboxylic acid groups (broad SMARTS) is 1. The lowest BCUT2D eigenvalue weighted by atomic mass is 9.97. The van der Waals surface area contributed by atoms with E-state index in [9.17, 15) is 4.79 Å². The molecule has 2 heteroatoms. The van der Waals surface area contributed by atoms with Gasteiger partial charge in [0, 0.05) is 5.57 Å². The Kier molecular flexibility index (Phi) is 4.59. The molecular weight excluding hydrogens is 140 g/mol. The Morgan fingerprint density at radius 2 is 2.18 bits per heavy atom. The molecule has 0 rings (SSSR count). The summed E-state index contributed by atoms with van der Waals surface area (Å²) < 4.78 is 0. The predicted octanol–water partition coefficient (Wildman–Crippen LogP) is 2.45. The average Bonchev–Trinajstić information content (AvgIpc) is 1.98. The summed E-state index contributed by atoms with van der Waals surface area (Å²) in [6.07, 6.45) is 3.12. The summed E-state index contributed by atoms with van der Waals surface area (Å²) in [4.78, 5) is 10.4. The highest BCUT2D eigenvalue weighted by Crippen LogP contribution is 2.15. The zero-order valence-electron chi connectivity index (χ0n) is 7.26. The molecule has 1 unspecified atom stereocenters. The molecule has 1 N–H and O–H groups in total. The van der Waals surface area contributed by atoms with Gasteiger partial charge >= 0.3 is 5.97 Å². The van der Waals surface area contributed by atoms with Crippen molar-refractivity contribution in [3.8, 4) is 0 Å². The van der Waals surface area contributed by atoms with Gasteiger partial charge in [0.1, 0.15) is 0 Å². The fourth-order valence-electron chi connectivity index (χ4n) is 0.895. The van der Waals surface area contributed by atoms with E-state index < -0.39 is 5.97 Å². The molecular formula is C9H16O2. The van der Waals surface area contributed by atoms with Gasteiger partial charge in [-0.2, -0.15) is 0 Å². The van der Waals surface area contributed by atoms with Gasteiger partial charge < -0.3 is 5.11 Å². The number of carboxylic acids is 1. The van der Waals surface area contributed by atoms with E-state index in [1.165, 1.54) is 0 Å². The van der Waals surface area contributed by atoms with Crippen LogP contribution in [0.4, 0.5) is 0 Å². The van der Waals surface area contributed by atoms with E-state index >= 15 is 0 Å². The zero-order chi connectivity index (χ0) is 8.85. The van der Waals surface area contributed by atoms with E-state index in [0.717, 1.165) is 19.3 Å².